The van der Waals surface area contributed by atoms with Crippen molar-refractivity contribution in [3.63, 3.8) is 0 Å². The minimum atomic E-state index is -0.351. The Hall–Kier alpha value is -1.69. The van der Waals surface area contributed by atoms with E-state index < -0.39 is 0 Å². The lowest BCUT2D eigenvalue weighted by atomic mass is 10.0. The van der Waals surface area contributed by atoms with Gasteiger partial charge in [0, 0.05) is 6.54 Å². The highest BCUT2D eigenvalue weighted by atomic mass is 32.2. The third-order valence-corrected chi connectivity index (χ3v) is 5.06. The average molecular weight is 337 g/mol. The molecule has 6 heteroatoms. The molecule has 0 radical (unpaired) electrons. The Bertz CT molecular complexity index is 603. The number of unbranched alkanes of at least 4 members (excludes halogenated alkanes) is 1. The summed E-state index contributed by atoms with van der Waals surface area (Å²) in [5.41, 5.74) is 2.02. The van der Waals surface area contributed by atoms with E-state index in [2.05, 4.69) is 0 Å². The highest BCUT2D eigenvalue weighted by Gasteiger charge is 2.39. The Morgan fingerprint density at radius 1 is 1.17 bits per heavy atom. The van der Waals surface area contributed by atoms with Crippen molar-refractivity contribution in [3.05, 3.63) is 23.3 Å². The summed E-state index contributed by atoms with van der Waals surface area (Å²) in [6.45, 7) is 4.53. The normalized spacial score (nSPS) is 17.7. The van der Waals surface area contributed by atoms with E-state index in [1.54, 1.807) is 14.2 Å². The third-order valence-electron chi connectivity index (χ3n) is 3.99. The molecule has 0 unspecified atom stereocenters. The zero-order chi connectivity index (χ0) is 17.0. The highest BCUT2D eigenvalue weighted by molar-refractivity contribution is 8.15. The molecule has 1 fully saturated rings. The van der Waals surface area contributed by atoms with Crippen LogP contribution in [0.15, 0.2) is 12.1 Å². The van der Waals surface area contributed by atoms with Crippen LogP contribution in [-0.2, 0) is 11.2 Å². The number of thioether (sulfide) groups is 1. The summed E-state index contributed by atoms with van der Waals surface area (Å²) in [5, 5.41) is -0.484. The van der Waals surface area contributed by atoms with Gasteiger partial charge in [-0.1, -0.05) is 25.1 Å². The monoisotopic (exact) mass is 337 g/mol. The third kappa shape index (κ3) is 3.80. The van der Waals surface area contributed by atoms with Crippen LogP contribution in [-0.4, -0.2) is 42.1 Å². The van der Waals surface area contributed by atoms with Gasteiger partial charge in [-0.2, -0.15) is 0 Å². The van der Waals surface area contributed by atoms with Crippen molar-refractivity contribution in [2.45, 2.75) is 38.4 Å². The largest absolute Gasteiger partial charge is 0.493 e. The first-order valence-electron chi connectivity index (χ1n) is 7.75. The van der Waals surface area contributed by atoms with Crippen LogP contribution in [0.4, 0.5) is 4.79 Å². The number of carbonyl (C=O) groups is 2. The molecule has 1 atom stereocenters. The quantitative estimate of drug-likeness (QED) is 0.763. The first-order valence-corrected chi connectivity index (χ1v) is 8.63. The van der Waals surface area contributed by atoms with Crippen molar-refractivity contribution in [1.29, 1.82) is 0 Å². The minimum absolute atomic E-state index is 0.0809. The van der Waals surface area contributed by atoms with Crippen LogP contribution in [0.1, 0.15) is 30.9 Å². The number of carbonyl (C=O) groups excluding carboxylic acids is 2. The summed E-state index contributed by atoms with van der Waals surface area (Å²) in [6.07, 6.45) is 2.32. The van der Waals surface area contributed by atoms with Gasteiger partial charge in [-0.25, -0.2) is 0 Å². The van der Waals surface area contributed by atoms with Crippen LogP contribution in [0.2, 0.25) is 0 Å². The van der Waals surface area contributed by atoms with Gasteiger partial charge in [0.15, 0.2) is 11.5 Å². The Morgan fingerprint density at radius 3 is 2.43 bits per heavy atom. The summed E-state index contributed by atoms with van der Waals surface area (Å²) in [6, 6.07) is 3.79. The molecule has 1 aliphatic heterocycles. The fourth-order valence-electron chi connectivity index (χ4n) is 2.59. The summed E-state index contributed by atoms with van der Waals surface area (Å²) < 4.78 is 10.6. The van der Waals surface area contributed by atoms with Gasteiger partial charge in [0.25, 0.3) is 5.24 Å². The Morgan fingerprint density at radius 2 is 1.83 bits per heavy atom. The molecule has 0 saturated carbocycles. The molecule has 1 saturated heterocycles. The lowest BCUT2D eigenvalue weighted by Crippen LogP contribution is -2.33. The van der Waals surface area contributed by atoms with Gasteiger partial charge in [0.1, 0.15) is 0 Å². The maximum Gasteiger partial charge on any atom is 0.289 e. The van der Waals surface area contributed by atoms with Gasteiger partial charge in [-0.05, 0) is 43.0 Å². The molecule has 1 aliphatic rings. The Labute approximate surface area is 141 Å². The van der Waals surface area contributed by atoms with Crippen molar-refractivity contribution in [1.82, 2.24) is 4.90 Å². The standard InChI is InChI=1S/C17H23NO4S/c1-5-6-7-18-16(19)15(23-17(18)20)10-12-9-14(22-4)13(21-3)8-11(12)2/h8-9,15H,5-7,10H2,1-4H3/t15-/m1/s1. The van der Waals surface area contributed by atoms with E-state index in [9.17, 15) is 9.59 Å². The smallest absolute Gasteiger partial charge is 0.289 e. The van der Waals surface area contributed by atoms with E-state index in [0.717, 1.165) is 35.7 Å². The van der Waals surface area contributed by atoms with E-state index in [-0.39, 0.29) is 16.4 Å². The highest BCUT2D eigenvalue weighted by Crippen LogP contribution is 2.34. The number of nitrogens with zero attached hydrogens (tertiary/aromatic N) is 1. The zero-order valence-electron chi connectivity index (χ0n) is 14.0. The Balaban J connectivity index is 2.16. The molecule has 0 N–H and O–H groups in total. The molecular formula is C17H23NO4S. The van der Waals surface area contributed by atoms with E-state index in [0.29, 0.717) is 24.5 Å². The number of hydrogen-bond acceptors (Lipinski definition) is 5. The second-order valence-electron chi connectivity index (χ2n) is 5.55. The first-order chi connectivity index (χ1) is 11.0. The predicted molar refractivity (Wildman–Crippen MR) is 91.4 cm³/mol. The van der Waals surface area contributed by atoms with Crippen molar-refractivity contribution >= 4 is 22.9 Å². The summed E-state index contributed by atoms with van der Waals surface area (Å²) in [7, 11) is 3.18. The molecular weight excluding hydrogens is 314 g/mol. The summed E-state index contributed by atoms with van der Waals surface area (Å²) in [4.78, 5) is 25.9. The topological polar surface area (TPSA) is 55.8 Å². The maximum atomic E-state index is 12.4. The number of imide groups is 1. The molecule has 1 aromatic rings. The van der Waals surface area contributed by atoms with Gasteiger partial charge in [0.05, 0.1) is 19.5 Å². The lowest BCUT2D eigenvalue weighted by Gasteiger charge is -2.15. The molecule has 1 aromatic carbocycles. The second kappa shape index (κ2) is 7.73. The van der Waals surface area contributed by atoms with E-state index in [1.165, 1.54) is 4.90 Å². The molecule has 23 heavy (non-hydrogen) atoms. The van der Waals surface area contributed by atoms with Crippen LogP contribution < -0.4 is 9.47 Å². The Kier molecular flexibility index (Phi) is 5.93. The van der Waals surface area contributed by atoms with Gasteiger partial charge >= 0.3 is 0 Å². The summed E-state index contributed by atoms with van der Waals surface area (Å²) >= 11 is 1.12. The molecule has 126 valence electrons. The van der Waals surface area contributed by atoms with Crippen LogP contribution in [0, 0.1) is 6.92 Å². The maximum absolute atomic E-state index is 12.4. The fraction of sp³-hybridized carbons (Fsp3) is 0.529. The molecule has 1 heterocycles. The lowest BCUT2D eigenvalue weighted by molar-refractivity contribution is -0.126. The predicted octanol–water partition coefficient (Wildman–Crippen LogP) is 3.42. The number of methoxy groups -OCH3 is 2. The van der Waals surface area contributed by atoms with E-state index in [1.807, 2.05) is 26.0 Å². The number of hydrogen-bond donors (Lipinski definition) is 0. The molecule has 0 aliphatic carbocycles. The fourth-order valence-corrected chi connectivity index (χ4v) is 3.63. The van der Waals surface area contributed by atoms with Crippen LogP contribution in [0.3, 0.4) is 0 Å². The molecule has 5 nitrogen and oxygen atoms in total. The van der Waals surface area contributed by atoms with Gasteiger partial charge in [-0.3, -0.25) is 14.5 Å². The number of aryl methyl sites for hydroxylation is 1. The van der Waals surface area contributed by atoms with Crippen molar-refractivity contribution < 1.29 is 19.1 Å². The number of rotatable bonds is 7. The summed E-state index contributed by atoms with van der Waals surface area (Å²) in [5.74, 6) is 1.22. The molecule has 0 aromatic heterocycles. The van der Waals surface area contributed by atoms with Gasteiger partial charge < -0.3 is 9.47 Å². The van der Waals surface area contributed by atoms with Crippen molar-refractivity contribution in [2.75, 3.05) is 20.8 Å². The van der Waals surface area contributed by atoms with E-state index >= 15 is 0 Å². The second-order valence-corrected chi connectivity index (χ2v) is 6.71. The van der Waals surface area contributed by atoms with Crippen LogP contribution in [0.25, 0.3) is 0 Å². The number of benzene rings is 1. The zero-order valence-corrected chi connectivity index (χ0v) is 14.9. The SMILES string of the molecule is CCCCN1C(=O)S[C@H](Cc2cc(OC)c(OC)cc2C)C1=O. The molecule has 2 rings (SSSR count). The molecule has 0 spiro atoms. The first kappa shape index (κ1) is 17.7. The number of ether oxygens (including phenoxy) is 2. The molecule has 0 bridgehead atoms. The molecule has 2 amide bonds. The van der Waals surface area contributed by atoms with Crippen LogP contribution >= 0.6 is 11.8 Å². The van der Waals surface area contributed by atoms with E-state index in [4.69, 9.17) is 9.47 Å². The minimum Gasteiger partial charge on any atom is -0.493 e. The van der Waals surface area contributed by atoms with Crippen molar-refractivity contribution in [2.24, 2.45) is 0 Å². The van der Waals surface area contributed by atoms with Gasteiger partial charge in [-0.15, -0.1) is 0 Å². The van der Waals surface area contributed by atoms with Crippen molar-refractivity contribution in [3.8, 4) is 11.5 Å². The van der Waals surface area contributed by atoms with Crippen LogP contribution in [0.5, 0.6) is 11.5 Å². The van der Waals surface area contributed by atoms with Gasteiger partial charge in [0.2, 0.25) is 5.91 Å². The average Bonchev–Trinajstić information content (AvgIpc) is 2.80. The number of amides is 2.